The lowest BCUT2D eigenvalue weighted by molar-refractivity contribution is -0.137. The van der Waals surface area contributed by atoms with Crippen LogP contribution in [0, 0.1) is 6.92 Å². The van der Waals surface area contributed by atoms with Crippen molar-refractivity contribution in [1.82, 2.24) is 9.91 Å². The van der Waals surface area contributed by atoms with E-state index in [1.54, 1.807) is 26.4 Å². The van der Waals surface area contributed by atoms with E-state index in [2.05, 4.69) is 10.4 Å². The van der Waals surface area contributed by atoms with Crippen LogP contribution in [0.25, 0.3) is 0 Å². The number of nitrogens with one attached hydrogen (secondary N) is 1. The number of hydrogen-bond donors (Lipinski definition) is 1. The third-order valence-corrected chi connectivity index (χ3v) is 6.53. The van der Waals surface area contributed by atoms with Crippen LogP contribution in [0.2, 0.25) is 0 Å². The molecule has 8 nitrogen and oxygen atoms in total. The van der Waals surface area contributed by atoms with Crippen LogP contribution in [0.4, 0.5) is 23.7 Å². The number of rotatable bonds is 7. The third-order valence-electron chi connectivity index (χ3n) is 6.53. The molecule has 3 aromatic rings. The molecule has 210 valence electrons. The first kappa shape index (κ1) is 28.5. The number of methoxy groups -OCH3 is 2. The number of benzene rings is 3. The summed E-state index contributed by atoms with van der Waals surface area (Å²) in [6.45, 7) is 1.65. The minimum atomic E-state index is -4.48. The maximum Gasteiger partial charge on any atom is 0.416 e. The first-order chi connectivity index (χ1) is 19.0. The maximum atomic E-state index is 13.5. The summed E-state index contributed by atoms with van der Waals surface area (Å²) in [4.78, 5) is 27.3. The molecule has 1 heterocycles. The molecule has 1 atom stereocenters. The molecule has 1 N–H and O–H groups in total. The molecule has 0 aromatic heterocycles. The Kier molecular flexibility index (Phi) is 8.32. The number of carbonyl (C=O) groups excluding carboxylic acids is 2. The van der Waals surface area contributed by atoms with Crippen molar-refractivity contribution in [3.05, 3.63) is 89.0 Å². The smallest absolute Gasteiger partial charge is 0.416 e. The van der Waals surface area contributed by atoms with Gasteiger partial charge in [-0.05, 0) is 48.9 Å². The lowest BCUT2D eigenvalue weighted by Crippen LogP contribution is -2.41. The van der Waals surface area contributed by atoms with Crippen LogP contribution in [0.1, 0.15) is 34.7 Å². The summed E-state index contributed by atoms with van der Waals surface area (Å²) in [5.74, 6) is 0.726. The van der Waals surface area contributed by atoms with Crippen molar-refractivity contribution >= 4 is 23.3 Å². The zero-order valence-corrected chi connectivity index (χ0v) is 22.5. The van der Waals surface area contributed by atoms with Crippen LogP contribution in [-0.2, 0) is 11.0 Å². The van der Waals surface area contributed by atoms with Crippen LogP contribution in [0.5, 0.6) is 11.5 Å². The summed E-state index contributed by atoms with van der Waals surface area (Å²) in [6, 6.07) is 16.1. The van der Waals surface area contributed by atoms with Gasteiger partial charge in [0, 0.05) is 30.8 Å². The summed E-state index contributed by atoms with van der Waals surface area (Å²) in [5.41, 5.74) is 2.63. The van der Waals surface area contributed by atoms with Crippen LogP contribution < -0.4 is 14.8 Å². The average Bonchev–Trinajstić information content (AvgIpc) is 3.38. The molecule has 0 aliphatic carbocycles. The van der Waals surface area contributed by atoms with Gasteiger partial charge in [-0.3, -0.25) is 4.79 Å². The van der Waals surface area contributed by atoms with Crippen molar-refractivity contribution in [3.63, 3.8) is 0 Å². The van der Waals surface area contributed by atoms with Gasteiger partial charge < -0.3 is 19.7 Å². The summed E-state index contributed by atoms with van der Waals surface area (Å²) in [7, 11) is 4.52. The molecular weight excluding hydrogens is 525 g/mol. The molecule has 11 heteroatoms. The molecule has 1 aliphatic rings. The van der Waals surface area contributed by atoms with Gasteiger partial charge in [0.1, 0.15) is 18.0 Å². The van der Waals surface area contributed by atoms with Crippen molar-refractivity contribution in [2.75, 3.05) is 33.1 Å². The minimum absolute atomic E-state index is 0.169. The van der Waals surface area contributed by atoms with Crippen LogP contribution in [0.15, 0.2) is 71.8 Å². The highest BCUT2D eigenvalue weighted by atomic mass is 19.4. The molecule has 0 fully saturated rings. The van der Waals surface area contributed by atoms with Gasteiger partial charge >= 0.3 is 12.2 Å². The molecule has 0 spiro atoms. The number of alkyl halides is 3. The number of hydrazone groups is 1. The van der Waals surface area contributed by atoms with Crippen LogP contribution in [-0.4, -0.2) is 55.4 Å². The quantitative estimate of drug-likeness (QED) is 0.396. The van der Waals surface area contributed by atoms with Crippen molar-refractivity contribution in [2.24, 2.45) is 5.10 Å². The maximum absolute atomic E-state index is 13.5. The van der Waals surface area contributed by atoms with Crippen molar-refractivity contribution in [1.29, 1.82) is 0 Å². The van der Waals surface area contributed by atoms with E-state index >= 15 is 0 Å². The Morgan fingerprint density at radius 1 is 1.02 bits per heavy atom. The minimum Gasteiger partial charge on any atom is -0.497 e. The zero-order valence-electron chi connectivity index (χ0n) is 22.5. The van der Waals surface area contributed by atoms with E-state index in [1.807, 2.05) is 37.3 Å². The monoisotopic (exact) mass is 554 g/mol. The normalized spacial score (nSPS) is 14.9. The molecule has 0 saturated carbocycles. The number of urea groups is 1. The number of amides is 3. The van der Waals surface area contributed by atoms with E-state index < -0.39 is 29.7 Å². The molecule has 0 radical (unpaired) electrons. The van der Waals surface area contributed by atoms with Gasteiger partial charge in [-0.15, -0.1) is 0 Å². The summed E-state index contributed by atoms with van der Waals surface area (Å²) >= 11 is 0. The first-order valence-corrected chi connectivity index (χ1v) is 12.4. The molecular formula is C29H29F3N4O4. The van der Waals surface area contributed by atoms with E-state index in [0.29, 0.717) is 29.2 Å². The molecule has 3 aromatic carbocycles. The average molecular weight is 555 g/mol. The number of nitrogens with zero attached hydrogens (tertiary/aromatic N) is 3. The van der Waals surface area contributed by atoms with Gasteiger partial charge in [-0.25, -0.2) is 9.80 Å². The predicted molar refractivity (Wildman–Crippen MR) is 145 cm³/mol. The van der Waals surface area contributed by atoms with Gasteiger partial charge in [-0.2, -0.15) is 18.3 Å². The zero-order chi connectivity index (χ0) is 29.0. The highest BCUT2D eigenvalue weighted by Crippen LogP contribution is 2.36. The number of halogens is 3. The number of likely N-dealkylation sites (N-methyl/N-ethyl adjacent to an activating group) is 1. The van der Waals surface area contributed by atoms with E-state index in [0.717, 1.165) is 40.3 Å². The molecule has 0 saturated heterocycles. The number of hydrogen-bond acceptors (Lipinski definition) is 5. The highest BCUT2D eigenvalue weighted by molar-refractivity contribution is 6.05. The Balaban J connectivity index is 1.54. The predicted octanol–water partition coefficient (Wildman–Crippen LogP) is 5.87. The molecule has 3 amide bonds. The third kappa shape index (κ3) is 6.36. The Morgan fingerprint density at radius 3 is 2.30 bits per heavy atom. The van der Waals surface area contributed by atoms with Crippen molar-refractivity contribution in [2.45, 2.75) is 25.6 Å². The Bertz CT molecular complexity index is 1410. The number of ether oxygens (including phenoxy) is 2. The summed E-state index contributed by atoms with van der Waals surface area (Å²) in [5, 5.41) is 8.52. The first-order valence-electron chi connectivity index (χ1n) is 12.4. The van der Waals surface area contributed by atoms with Gasteiger partial charge in [0.15, 0.2) is 0 Å². The fourth-order valence-electron chi connectivity index (χ4n) is 4.30. The van der Waals surface area contributed by atoms with E-state index in [9.17, 15) is 22.8 Å². The lowest BCUT2D eigenvalue weighted by Gasteiger charge is -2.25. The van der Waals surface area contributed by atoms with E-state index in [-0.39, 0.29) is 12.2 Å². The molecule has 0 bridgehead atoms. The molecule has 0 unspecified atom stereocenters. The number of carbonyl (C=O) groups is 2. The SMILES string of the molecule is COc1ccc(C2=NN(C(=O)CN(C)C(=O)Nc3ccc(C(F)(F)F)cc3)[C@@H](c3ccc(C)cc3)C2)c(OC)c1. The van der Waals surface area contributed by atoms with E-state index in [4.69, 9.17) is 9.47 Å². The van der Waals surface area contributed by atoms with Crippen molar-refractivity contribution in [3.8, 4) is 11.5 Å². The molecule has 40 heavy (non-hydrogen) atoms. The second-order valence-electron chi connectivity index (χ2n) is 9.34. The fourth-order valence-corrected chi connectivity index (χ4v) is 4.30. The van der Waals surface area contributed by atoms with Crippen LogP contribution in [0.3, 0.4) is 0 Å². The summed E-state index contributed by atoms with van der Waals surface area (Å²) < 4.78 is 49.3. The molecule has 1 aliphatic heterocycles. The van der Waals surface area contributed by atoms with Gasteiger partial charge in [0.25, 0.3) is 5.91 Å². The second kappa shape index (κ2) is 11.7. The van der Waals surface area contributed by atoms with Gasteiger partial charge in [0.2, 0.25) is 0 Å². The van der Waals surface area contributed by atoms with Crippen LogP contribution >= 0.6 is 0 Å². The van der Waals surface area contributed by atoms with Gasteiger partial charge in [-0.1, -0.05) is 29.8 Å². The number of anilines is 1. The molecule has 4 rings (SSSR count). The standard InChI is InChI=1S/C29H29F3N4O4/c1-18-5-7-19(8-6-18)25-16-24(23-14-13-22(39-3)15-26(23)40-4)34-36(25)27(37)17-35(2)28(38)33-21-11-9-20(10-12-21)29(30,31)32/h5-15,25H,16-17H2,1-4H3,(H,33,38)/t25-/m1/s1. The largest absolute Gasteiger partial charge is 0.497 e. The fraction of sp³-hybridized carbons (Fsp3) is 0.276. The lowest BCUT2D eigenvalue weighted by atomic mass is 9.97. The Labute approximate surface area is 230 Å². The second-order valence-corrected chi connectivity index (χ2v) is 9.34. The van der Waals surface area contributed by atoms with E-state index in [1.165, 1.54) is 12.1 Å². The Morgan fingerprint density at radius 2 is 1.70 bits per heavy atom. The Hall–Kier alpha value is -4.54. The topological polar surface area (TPSA) is 83.5 Å². The summed E-state index contributed by atoms with van der Waals surface area (Å²) in [6.07, 6.45) is -4.07. The number of aryl methyl sites for hydroxylation is 1. The van der Waals surface area contributed by atoms with Gasteiger partial charge in [0.05, 0.1) is 31.5 Å². The van der Waals surface area contributed by atoms with Crippen molar-refractivity contribution < 1.29 is 32.2 Å². The highest BCUT2D eigenvalue weighted by Gasteiger charge is 2.35.